The molecule has 0 spiro atoms. The number of nitrogens with one attached hydrogen (secondary N) is 3. The van der Waals surface area contributed by atoms with E-state index in [0.717, 1.165) is 19.4 Å². The minimum Gasteiger partial charge on any atom is -0.358 e. The number of carbonyl (C=O) groups is 5. The van der Waals surface area contributed by atoms with Gasteiger partial charge < -0.3 is 37.1 Å². The standard InChI is InChI=1S/C21H38N6O5S/c1-14(24-21(32)17-7-5-10-27(17)18(29)12-23)19(30)26-16(8-11-33-2)20(31)25-15(13-28)6-3-4-9-22/h13-17H,3-12,22-23H2,1-2H3,(H,24,32)(H,25,31)(H,26,30)/p+2/t14-,15-,16-,17-/m0/s1. The van der Waals surface area contributed by atoms with E-state index in [1.165, 1.54) is 23.6 Å². The van der Waals surface area contributed by atoms with Crippen molar-refractivity contribution in [2.24, 2.45) is 0 Å². The molecule has 0 saturated carbocycles. The van der Waals surface area contributed by atoms with Gasteiger partial charge in [-0.1, -0.05) is 0 Å². The molecule has 1 fully saturated rings. The number of nitrogens with zero attached hydrogens (tertiary/aromatic N) is 1. The number of rotatable bonds is 15. The van der Waals surface area contributed by atoms with E-state index in [2.05, 4.69) is 27.4 Å². The van der Waals surface area contributed by atoms with Gasteiger partial charge in [0.2, 0.25) is 17.7 Å². The molecule has 1 aliphatic rings. The van der Waals surface area contributed by atoms with E-state index >= 15 is 0 Å². The van der Waals surface area contributed by atoms with Gasteiger partial charge in [-0.2, -0.15) is 11.8 Å². The summed E-state index contributed by atoms with van der Waals surface area (Å²) in [5, 5.41) is 8.05. The molecule has 0 aromatic carbocycles. The molecule has 1 aliphatic heterocycles. The van der Waals surface area contributed by atoms with Gasteiger partial charge in [-0.05, 0) is 57.5 Å². The maximum Gasteiger partial charge on any atom is 0.278 e. The summed E-state index contributed by atoms with van der Waals surface area (Å²) in [6.07, 6.45) is 6.39. The molecule has 0 aromatic rings. The maximum atomic E-state index is 12.7. The van der Waals surface area contributed by atoms with Crippen LogP contribution in [-0.4, -0.2) is 90.6 Å². The monoisotopic (exact) mass is 488 g/mol. The number of thioether (sulfide) groups is 1. The van der Waals surface area contributed by atoms with Crippen LogP contribution in [0.1, 0.15) is 45.4 Å². The first kappa shape index (κ1) is 28.9. The van der Waals surface area contributed by atoms with E-state index in [9.17, 15) is 24.0 Å². The van der Waals surface area contributed by atoms with E-state index < -0.39 is 41.9 Å². The summed E-state index contributed by atoms with van der Waals surface area (Å²) in [5.41, 5.74) is 7.35. The summed E-state index contributed by atoms with van der Waals surface area (Å²) >= 11 is 1.54. The molecule has 1 saturated heterocycles. The minimum absolute atomic E-state index is 0.0726. The quantitative estimate of drug-likeness (QED) is 0.121. The smallest absolute Gasteiger partial charge is 0.278 e. The first-order valence-corrected chi connectivity index (χ1v) is 12.9. The Hall–Kier alpha value is -2.18. The Kier molecular flexibility index (Phi) is 13.7. The van der Waals surface area contributed by atoms with Gasteiger partial charge in [-0.25, -0.2) is 0 Å². The Bertz CT molecular complexity index is 680. The molecule has 1 rings (SSSR count). The number of hydrogen-bond acceptors (Lipinski definition) is 6. The fourth-order valence-corrected chi connectivity index (χ4v) is 4.13. The normalized spacial score (nSPS) is 18.2. The highest BCUT2D eigenvalue weighted by Gasteiger charge is 2.35. The average Bonchev–Trinajstić information content (AvgIpc) is 3.30. The second-order valence-corrected chi connectivity index (χ2v) is 9.15. The zero-order valence-corrected chi connectivity index (χ0v) is 20.6. The summed E-state index contributed by atoms with van der Waals surface area (Å²) < 4.78 is 0. The van der Waals surface area contributed by atoms with E-state index in [1.54, 1.807) is 0 Å². The molecule has 0 radical (unpaired) electrons. The third kappa shape index (κ3) is 9.68. The largest absolute Gasteiger partial charge is 0.358 e. The summed E-state index contributed by atoms with van der Waals surface area (Å²) in [6.45, 7) is 2.86. The van der Waals surface area contributed by atoms with Crippen LogP contribution in [0.15, 0.2) is 0 Å². The zero-order valence-electron chi connectivity index (χ0n) is 19.8. The molecule has 1 heterocycles. The Morgan fingerprint density at radius 1 is 1.09 bits per heavy atom. The van der Waals surface area contributed by atoms with Gasteiger partial charge in [-0.15, -0.1) is 0 Å². The number of amides is 4. The lowest BCUT2D eigenvalue weighted by Crippen LogP contribution is -2.60. The molecule has 4 amide bonds. The summed E-state index contributed by atoms with van der Waals surface area (Å²) in [5.74, 6) is -0.883. The van der Waals surface area contributed by atoms with E-state index in [1.807, 2.05) is 6.26 Å². The number of quaternary nitrogens is 2. The molecule has 11 nitrogen and oxygen atoms in total. The van der Waals surface area contributed by atoms with Crippen molar-refractivity contribution in [2.75, 3.05) is 31.6 Å². The lowest BCUT2D eigenvalue weighted by atomic mass is 10.1. The third-order valence-corrected chi connectivity index (χ3v) is 6.24. The predicted molar refractivity (Wildman–Crippen MR) is 125 cm³/mol. The highest BCUT2D eigenvalue weighted by molar-refractivity contribution is 7.98. The average molecular weight is 489 g/mol. The van der Waals surface area contributed by atoms with Crippen molar-refractivity contribution in [2.45, 2.75) is 69.6 Å². The van der Waals surface area contributed by atoms with Gasteiger partial charge in [0.1, 0.15) is 24.4 Å². The SMILES string of the molecule is CSCC[C@H](NC(=O)[C@H](C)NC(=O)[C@@H]1CCCN1C(=O)C[NH3+])C(=O)N[C@H](C=O)CCCC[NH3+]. The lowest BCUT2D eigenvalue weighted by molar-refractivity contribution is -0.368. The number of aldehydes is 1. The molecule has 188 valence electrons. The minimum atomic E-state index is -0.890. The van der Waals surface area contributed by atoms with Gasteiger partial charge in [0, 0.05) is 6.54 Å². The van der Waals surface area contributed by atoms with Crippen molar-refractivity contribution in [3.05, 3.63) is 0 Å². The van der Waals surface area contributed by atoms with Crippen LogP contribution < -0.4 is 27.4 Å². The molecule has 0 bridgehead atoms. The Morgan fingerprint density at radius 3 is 2.42 bits per heavy atom. The predicted octanol–water partition coefficient (Wildman–Crippen LogP) is -2.94. The van der Waals surface area contributed by atoms with Crippen molar-refractivity contribution in [1.82, 2.24) is 20.9 Å². The first-order chi connectivity index (χ1) is 15.8. The van der Waals surface area contributed by atoms with Crippen molar-refractivity contribution in [3.8, 4) is 0 Å². The number of likely N-dealkylation sites (tertiary alicyclic amines) is 1. The van der Waals surface area contributed by atoms with Gasteiger partial charge >= 0.3 is 0 Å². The fourth-order valence-electron chi connectivity index (χ4n) is 3.66. The molecule has 12 heteroatoms. The fraction of sp³-hybridized carbons (Fsp3) is 0.762. The first-order valence-electron chi connectivity index (χ1n) is 11.5. The Balaban J connectivity index is 2.70. The van der Waals surface area contributed by atoms with E-state index in [0.29, 0.717) is 44.3 Å². The number of unbranched alkanes of at least 4 members (excludes halogenated alkanes) is 1. The van der Waals surface area contributed by atoms with Crippen molar-refractivity contribution in [3.63, 3.8) is 0 Å². The van der Waals surface area contributed by atoms with Crippen LogP contribution in [0.3, 0.4) is 0 Å². The van der Waals surface area contributed by atoms with Crippen molar-refractivity contribution in [1.29, 1.82) is 0 Å². The second-order valence-electron chi connectivity index (χ2n) is 8.17. The van der Waals surface area contributed by atoms with Crippen LogP contribution in [0.4, 0.5) is 0 Å². The van der Waals surface area contributed by atoms with Gasteiger partial charge in [0.05, 0.1) is 12.6 Å². The number of hydrogen-bond donors (Lipinski definition) is 5. The molecule has 33 heavy (non-hydrogen) atoms. The number of carbonyl (C=O) groups excluding carboxylic acids is 5. The molecule has 4 atom stereocenters. The van der Waals surface area contributed by atoms with Crippen molar-refractivity contribution < 1.29 is 35.4 Å². The third-order valence-electron chi connectivity index (χ3n) is 5.59. The Morgan fingerprint density at radius 2 is 1.82 bits per heavy atom. The van der Waals surface area contributed by atoms with E-state index in [-0.39, 0.29) is 12.5 Å². The highest BCUT2D eigenvalue weighted by atomic mass is 32.2. The molecular formula is C21H40N6O5S+2. The van der Waals surface area contributed by atoms with Gasteiger partial charge in [0.25, 0.3) is 5.91 Å². The van der Waals surface area contributed by atoms with Crippen LogP contribution in [-0.2, 0) is 24.0 Å². The van der Waals surface area contributed by atoms with E-state index in [4.69, 9.17) is 0 Å². The van der Waals surface area contributed by atoms with Gasteiger partial charge in [-0.3, -0.25) is 19.2 Å². The topological polar surface area (TPSA) is 180 Å². The second kappa shape index (κ2) is 15.6. The molecular weight excluding hydrogens is 448 g/mol. The highest BCUT2D eigenvalue weighted by Crippen LogP contribution is 2.17. The van der Waals surface area contributed by atoms with Gasteiger partial charge in [0.15, 0.2) is 6.54 Å². The molecule has 0 aromatic heterocycles. The van der Waals surface area contributed by atoms with Crippen LogP contribution in [0.25, 0.3) is 0 Å². The summed E-state index contributed by atoms with van der Waals surface area (Å²) in [7, 11) is 0. The van der Waals surface area contributed by atoms with Crippen LogP contribution >= 0.6 is 11.8 Å². The van der Waals surface area contributed by atoms with Crippen LogP contribution in [0.5, 0.6) is 0 Å². The lowest BCUT2D eigenvalue weighted by Gasteiger charge is -2.25. The zero-order chi connectivity index (χ0) is 24.8. The Labute approximate surface area is 199 Å². The van der Waals surface area contributed by atoms with Crippen molar-refractivity contribution >= 4 is 41.7 Å². The molecule has 0 unspecified atom stereocenters. The molecule has 0 aliphatic carbocycles. The van der Waals surface area contributed by atoms with Crippen LogP contribution in [0.2, 0.25) is 0 Å². The molecule has 9 N–H and O–H groups in total. The maximum absolute atomic E-state index is 12.7. The van der Waals surface area contributed by atoms with Crippen LogP contribution in [0, 0.1) is 0 Å². The summed E-state index contributed by atoms with van der Waals surface area (Å²) in [4.78, 5) is 63.0. The summed E-state index contributed by atoms with van der Waals surface area (Å²) in [6, 6.07) is -2.95.